The summed E-state index contributed by atoms with van der Waals surface area (Å²) in [5.41, 5.74) is 1.58. The van der Waals surface area contributed by atoms with Crippen LogP contribution in [-0.4, -0.2) is 39.0 Å². The molecule has 6 heteroatoms. The van der Waals surface area contributed by atoms with Crippen molar-refractivity contribution < 1.29 is 9.18 Å². The molecule has 1 aromatic carbocycles. The number of carbonyl (C=O) groups is 1. The van der Waals surface area contributed by atoms with Crippen LogP contribution in [0.3, 0.4) is 0 Å². The Morgan fingerprint density at radius 2 is 2.15 bits per heavy atom. The van der Waals surface area contributed by atoms with Gasteiger partial charge in [0.25, 0.3) is 0 Å². The summed E-state index contributed by atoms with van der Waals surface area (Å²) in [6.07, 6.45) is 8.13. The molecule has 2 atom stereocenters. The van der Waals surface area contributed by atoms with Gasteiger partial charge in [0, 0.05) is 42.2 Å². The van der Waals surface area contributed by atoms with Crippen LogP contribution in [0.4, 0.5) is 4.39 Å². The van der Waals surface area contributed by atoms with Crippen molar-refractivity contribution >= 4 is 24.5 Å². The van der Waals surface area contributed by atoms with Crippen LogP contribution in [0, 0.1) is 11.7 Å². The number of H-pyrrole nitrogens is 1. The zero-order chi connectivity index (χ0) is 18.1. The Kier molecular flexibility index (Phi) is 4.96. The van der Waals surface area contributed by atoms with E-state index in [4.69, 9.17) is 12.6 Å². The number of hydrogen-bond acceptors (Lipinski definition) is 4. The Hall–Kier alpha value is -1.92. The highest BCUT2D eigenvalue weighted by atomic mass is 32.1. The molecule has 1 aliphatic carbocycles. The minimum absolute atomic E-state index is 0.0748. The fourth-order valence-electron chi connectivity index (χ4n) is 3.60. The first-order valence-electron chi connectivity index (χ1n) is 9.03. The van der Waals surface area contributed by atoms with Gasteiger partial charge in [0.1, 0.15) is 11.6 Å². The number of benzene rings is 1. The molecule has 0 radical (unpaired) electrons. The zero-order valence-electron chi connectivity index (χ0n) is 14.4. The van der Waals surface area contributed by atoms with E-state index in [0.29, 0.717) is 12.1 Å². The Labute approximate surface area is 157 Å². The van der Waals surface area contributed by atoms with Gasteiger partial charge in [0.05, 0.1) is 6.04 Å². The van der Waals surface area contributed by atoms with Crippen molar-refractivity contribution in [3.8, 4) is 0 Å². The number of aromatic nitrogens is 2. The molecular weight excluding hydrogens is 349 g/mol. The van der Waals surface area contributed by atoms with Crippen molar-refractivity contribution in [3.63, 3.8) is 0 Å². The van der Waals surface area contributed by atoms with E-state index in [-0.39, 0.29) is 22.8 Å². The number of Topliss-reactive ketones (excluding diaryl/α,β-unsaturated/α-hetero) is 1. The molecule has 2 aliphatic rings. The summed E-state index contributed by atoms with van der Waals surface area (Å²) in [6, 6.07) is 6.12. The maximum Gasteiger partial charge on any atom is 0.157 e. The molecule has 2 heterocycles. The lowest BCUT2D eigenvalue weighted by molar-refractivity contribution is -0.126. The second-order valence-corrected chi connectivity index (χ2v) is 7.69. The summed E-state index contributed by atoms with van der Waals surface area (Å²) in [7, 11) is 0. The maximum absolute atomic E-state index is 14.5. The fourth-order valence-corrected chi connectivity index (χ4v) is 3.88. The average Bonchev–Trinajstić information content (AvgIpc) is 3.37. The topological polar surface area (TPSA) is 49.0 Å². The number of aromatic amines is 1. The molecule has 2 aromatic rings. The largest absolute Gasteiger partial charge is 0.345 e. The lowest BCUT2D eigenvalue weighted by Gasteiger charge is -2.37. The van der Waals surface area contributed by atoms with Gasteiger partial charge in [-0.05, 0) is 37.0 Å². The van der Waals surface area contributed by atoms with Crippen LogP contribution in [0.25, 0.3) is 6.08 Å². The highest BCUT2D eigenvalue weighted by Crippen LogP contribution is 2.39. The number of imidazole rings is 1. The van der Waals surface area contributed by atoms with E-state index in [9.17, 15) is 9.18 Å². The first kappa shape index (κ1) is 17.5. The third kappa shape index (κ3) is 3.62. The van der Waals surface area contributed by atoms with Crippen molar-refractivity contribution in [2.24, 2.45) is 5.92 Å². The van der Waals surface area contributed by atoms with Gasteiger partial charge in [0.15, 0.2) is 5.78 Å². The third-order valence-corrected chi connectivity index (χ3v) is 5.75. The lowest BCUT2D eigenvalue weighted by Crippen LogP contribution is -2.42. The minimum atomic E-state index is -0.524. The van der Waals surface area contributed by atoms with E-state index in [1.54, 1.807) is 30.6 Å². The molecule has 26 heavy (non-hydrogen) atoms. The van der Waals surface area contributed by atoms with Gasteiger partial charge in [-0.3, -0.25) is 9.69 Å². The zero-order valence-corrected chi connectivity index (χ0v) is 15.3. The number of likely N-dealkylation sites (tertiary alicyclic amines) is 1. The molecule has 1 saturated carbocycles. The number of carbonyl (C=O) groups excluding carboxylic acids is 1. The van der Waals surface area contributed by atoms with Gasteiger partial charge < -0.3 is 4.98 Å². The van der Waals surface area contributed by atoms with Gasteiger partial charge in [-0.15, -0.1) is 0 Å². The molecular formula is C20H22FN3OS. The van der Waals surface area contributed by atoms with Crippen LogP contribution in [0.15, 0.2) is 42.2 Å². The summed E-state index contributed by atoms with van der Waals surface area (Å²) >= 11 is 4.69. The Morgan fingerprint density at radius 1 is 1.35 bits per heavy atom. The van der Waals surface area contributed by atoms with Crippen LogP contribution in [0.2, 0.25) is 0 Å². The summed E-state index contributed by atoms with van der Waals surface area (Å²) < 4.78 is 14.5. The predicted octanol–water partition coefficient (Wildman–Crippen LogP) is 3.66. The van der Waals surface area contributed by atoms with E-state index in [1.807, 2.05) is 6.08 Å². The summed E-state index contributed by atoms with van der Waals surface area (Å²) in [5.74, 6) is 0.684. The maximum atomic E-state index is 14.5. The second kappa shape index (κ2) is 7.37. The number of halogens is 1. The number of rotatable bonds is 5. The molecule has 1 aliphatic heterocycles. The normalized spacial score (nSPS) is 23.9. The number of thiol groups is 1. The molecule has 4 nitrogen and oxygen atoms in total. The lowest BCUT2D eigenvalue weighted by atomic mass is 9.93. The fraction of sp³-hybridized carbons (Fsp3) is 0.400. The number of piperidine rings is 1. The van der Waals surface area contributed by atoms with E-state index >= 15 is 0 Å². The highest BCUT2D eigenvalue weighted by Gasteiger charge is 2.40. The molecule has 1 aromatic heterocycles. The van der Waals surface area contributed by atoms with Crippen LogP contribution < -0.4 is 0 Å². The average molecular weight is 371 g/mol. The van der Waals surface area contributed by atoms with Crippen molar-refractivity contribution in [3.05, 3.63) is 59.4 Å². The predicted molar refractivity (Wildman–Crippen MR) is 102 cm³/mol. The first-order chi connectivity index (χ1) is 12.6. The smallest absolute Gasteiger partial charge is 0.157 e. The summed E-state index contributed by atoms with van der Waals surface area (Å²) in [4.78, 5) is 22.4. The van der Waals surface area contributed by atoms with Crippen molar-refractivity contribution in [2.75, 3.05) is 13.1 Å². The van der Waals surface area contributed by atoms with Crippen LogP contribution in [0.5, 0.6) is 0 Å². The minimum Gasteiger partial charge on any atom is -0.345 e. The van der Waals surface area contributed by atoms with E-state index in [2.05, 4.69) is 14.9 Å². The van der Waals surface area contributed by atoms with Crippen molar-refractivity contribution in [1.82, 2.24) is 14.9 Å². The molecule has 1 N–H and O–H groups in total. The van der Waals surface area contributed by atoms with Gasteiger partial charge >= 0.3 is 0 Å². The van der Waals surface area contributed by atoms with Gasteiger partial charge in [-0.25, -0.2) is 9.37 Å². The van der Waals surface area contributed by atoms with Crippen LogP contribution >= 0.6 is 12.6 Å². The molecule has 0 spiro atoms. The van der Waals surface area contributed by atoms with Crippen LogP contribution in [-0.2, 0) is 4.79 Å². The number of nitrogens with one attached hydrogen (secondary N) is 1. The van der Waals surface area contributed by atoms with E-state index in [1.165, 1.54) is 6.07 Å². The third-order valence-electron chi connectivity index (χ3n) is 5.16. The molecule has 136 valence electrons. The molecule has 2 unspecified atom stereocenters. The molecule has 0 amide bonds. The molecule has 0 bridgehead atoms. The number of ketones is 1. The molecule has 2 fully saturated rings. The monoisotopic (exact) mass is 371 g/mol. The standard InChI is InChI=1S/C20H22FN3OS/c21-16-4-2-1-3-15(16)19(20(25)13-5-6-13)24-10-7-17(26)14(12-24)11-18-22-8-9-23-18/h1-4,8-9,11,13,17,19,26H,5-7,10,12H2,(H,22,23). The van der Waals surface area contributed by atoms with Gasteiger partial charge in [0.2, 0.25) is 0 Å². The van der Waals surface area contributed by atoms with E-state index < -0.39 is 6.04 Å². The van der Waals surface area contributed by atoms with Crippen LogP contribution in [0.1, 0.15) is 36.7 Å². The quantitative estimate of drug-likeness (QED) is 0.789. The Bertz CT molecular complexity index is 816. The summed E-state index contributed by atoms with van der Waals surface area (Å²) in [6.45, 7) is 1.31. The first-order valence-corrected chi connectivity index (χ1v) is 9.55. The van der Waals surface area contributed by atoms with Crippen molar-refractivity contribution in [1.29, 1.82) is 0 Å². The van der Waals surface area contributed by atoms with E-state index in [0.717, 1.165) is 37.2 Å². The van der Waals surface area contributed by atoms with Crippen molar-refractivity contribution in [2.45, 2.75) is 30.6 Å². The van der Waals surface area contributed by atoms with Gasteiger partial charge in [-0.1, -0.05) is 18.2 Å². The summed E-state index contributed by atoms with van der Waals surface area (Å²) in [5, 5.41) is 0.119. The SMILES string of the molecule is O=C(C1CC1)C(c1ccccc1F)N1CCC(S)C(=Cc2ncc[nH]2)C1. The second-order valence-electron chi connectivity index (χ2n) is 7.07. The molecule has 1 saturated heterocycles. The number of hydrogen-bond donors (Lipinski definition) is 2. The Morgan fingerprint density at radius 3 is 2.85 bits per heavy atom. The highest BCUT2D eigenvalue weighted by molar-refractivity contribution is 7.81. The Balaban J connectivity index is 1.65. The molecule has 4 rings (SSSR count). The number of nitrogens with zero attached hydrogens (tertiary/aromatic N) is 2. The van der Waals surface area contributed by atoms with Gasteiger partial charge in [-0.2, -0.15) is 12.6 Å².